The smallest absolute Gasteiger partial charge is 0.254 e. The third-order valence-corrected chi connectivity index (χ3v) is 4.51. The van der Waals surface area contributed by atoms with Gasteiger partial charge in [-0.25, -0.2) is 0 Å². The highest BCUT2D eigenvalue weighted by atomic mass is 16.5. The van der Waals surface area contributed by atoms with Gasteiger partial charge in [-0.05, 0) is 26.7 Å². The minimum absolute atomic E-state index is 0.0606. The van der Waals surface area contributed by atoms with Crippen molar-refractivity contribution >= 4 is 5.91 Å². The monoisotopic (exact) mass is 292 g/mol. The molecule has 0 aromatic carbocycles. The van der Waals surface area contributed by atoms with Gasteiger partial charge in [0.05, 0.1) is 23.9 Å². The zero-order valence-electron chi connectivity index (χ0n) is 13.0. The number of ether oxygens (including phenoxy) is 1. The van der Waals surface area contributed by atoms with E-state index < -0.39 is 0 Å². The van der Waals surface area contributed by atoms with Crippen LogP contribution in [-0.2, 0) is 11.8 Å². The van der Waals surface area contributed by atoms with Gasteiger partial charge in [-0.3, -0.25) is 14.4 Å². The topological polar surface area (TPSA) is 59.4 Å². The molecule has 1 amide bonds. The number of fused-ring (bicyclic) bond motifs is 1. The van der Waals surface area contributed by atoms with Crippen LogP contribution in [0, 0.1) is 0 Å². The van der Waals surface area contributed by atoms with Crippen molar-refractivity contribution in [3.63, 3.8) is 0 Å². The van der Waals surface area contributed by atoms with Gasteiger partial charge in [-0.15, -0.1) is 0 Å². The van der Waals surface area contributed by atoms with Crippen molar-refractivity contribution in [2.24, 2.45) is 7.05 Å². The molecule has 2 aliphatic heterocycles. The lowest BCUT2D eigenvalue weighted by Gasteiger charge is -2.34. The molecule has 0 radical (unpaired) electrons. The van der Waals surface area contributed by atoms with E-state index in [1.165, 1.54) is 0 Å². The van der Waals surface area contributed by atoms with Crippen molar-refractivity contribution in [1.29, 1.82) is 0 Å². The van der Waals surface area contributed by atoms with E-state index in [4.69, 9.17) is 4.74 Å². The molecule has 2 aliphatic rings. The molecule has 3 heterocycles. The molecule has 0 spiro atoms. The summed E-state index contributed by atoms with van der Waals surface area (Å²) < 4.78 is 7.60. The Kier molecular flexibility index (Phi) is 3.99. The Morgan fingerprint density at radius 3 is 3.00 bits per heavy atom. The van der Waals surface area contributed by atoms with Crippen LogP contribution in [0.25, 0.3) is 0 Å². The van der Waals surface area contributed by atoms with Crippen LogP contribution in [0.15, 0.2) is 12.4 Å². The van der Waals surface area contributed by atoms with Crippen LogP contribution in [0.5, 0.6) is 0 Å². The lowest BCUT2D eigenvalue weighted by atomic mass is 10.0. The lowest BCUT2D eigenvalue weighted by Crippen LogP contribution is -2.47. The van der Waals surface area contributed by atoms with E-state index in [2.05, 4.69) is 29.2 Å². The molecule has 3 rings (SSSR count). The number of hydrogen-bond acceptors (Lipinski definition) is 4. The van der Waals surface area contributed by atoms with Gasteiger partial charge in [0.15, 0.2) is 0 Å². The zero-order valence-corrected chi connectivity index (χ0v) is 13.0. The Morgan fingerprint density at radius 2 is 2.33 bits per heavy atom. The average Bonchev–Trinajstić information content (AvgIpc) is 3.04. The van der Waals surface area contributed by atoms with E-state index >= 15 is 0 Å². The number of carbonyl (C=O) groups is 1. The quantitative estimate of drug-likeness (QED) is 0.895. The van der Waals surface area contributed by atoms with Crippen LogP contribution in [0.4, 0.5) is 0 Å². The summed E-state index contributed by atoms with van der Waals surface area (Å²) in [7, 11) is 1.81. The number of amides is 1. The number of nitrogens with zero attached hydrogens (tertiary/aromatic N) is 3. The van der Waals surface area contributed by atoms with Crippen LogP contribution in [0.2, 0.25) is 0 Å². The van der Waals surface area contributed by atoms with E-state index in [9.17, 15) is 4.79 Å². The lowest BCUT2D eigenvalue weighted by molar-refractivity contribution is -0.0243. The second-order valence-electron chi connectivity index (χ2n) is 6.32. The first-order valence-corrected chi connectivity index (χ1v) is 7.73. The maximum atomic E-state index is 12.3. The first-order valence-electron chi connectivity index (χ1n) is 7.73. The third kappa shape index (κ3) is 2.82. The van der Waals surface area contributed by atoms with E-state index in [0.29, 0.717) is 17.6 Å². The Labute approximate surface area is 125 Å². The maximum Gasteiger partial charge on any atom is 0.254 e. The van der Waals surface area contributed by atoms with Gasteiger partial charge in [0.25, 0.3) is 5.91 Å². The molecule has 1 N–H and O–H groups in total. The molecule has 3 atom stereocenters. The van der Waals surface area contributed by atoms with Crippen molar-refractivity contribution in [2.75, 3.05) is 13.2 Å². The molecule has 21 heavy (non-hydrogen) atoms. The fraction of sp³-hybridized carbons (Fsp3) is 0.733. The Hall–Kier alpha value is -1.40. The number of likely N-dealkylation sites (tertiary alicyclic amines) is 1. The molecule has 2 saturated heterocycles. The molecule has 1 aromatic heterocycles. The molecule has 0 aliphatic carbocycles. The predicted molar refractivity (Wildman–Crippen MR) is 79.1 cm³/mol. The molecular weight excluding hydrogens is 268 g/mol. The summed E-state index contributed by atoms with van der Waals surface area (Å²) in [5, 5.41) is 7.18. The summed E-state index contributed by atoms with van der Waals surface area (Å²) in [4.78, 5) is 14.8. The fourth-order valence-electron chi connectivity index (χ4n) is 3.50. The molecule has 116 valence electrons. The van der Waals surface area contributed by atoms with Crippen molar-refractivity contribution in [2.45, 2.75) is 50.9 Å². The van der Waals surface area contributed by atoms with Gasteiger partial charge in [-0.1, -0.05) is 0 Å². The number of carbonyl (C=O) groups excluding carboxylic acids is 1. The second-order valence-corrected chi connectivity index (χ2v) is 6.32. The molecule has 0 saturated carbocycles. The largest absolute Gasteiger partial charge is 0.374 e. The van der Waals surface area contributed by atoms with Crippen LogP contribution >= 0.6 is 0 Å². The van der Waals surface area contributed by atoms with Gasteiger partial charge < -0.3 is 10.1 Å². The van der Waals surface area contributed by atoms with Gasteiger partial charge >= 0.3 is 0 Å². The number of hydrogen-bond donors (Lipinski definition) is 1. The van der Waals surface area contributed by atoms with Gasteiger partial charge in [0.1, 0.15) is 0 Å². The molecule has 1 aromatic rings. The van der Waals surface area contributed by atoms with Crippen molar-refractivity contribution in [3.05, 3.63) is 18.0 Å². The van der Waals surface area contributed by atoms with Crippen LogP contribution in [0.1, 0.15) is 37.0 Å². The highest BCUT2D eigenvalue weighted by Gasteiger charge is 2.45. The SMILES string of the molecule is CC(C)N1C[C@@H](NC(=O)c2cnn(C)c2)[C@H]2OCCC[C@H]21. The second kappa shape index (κ2) is 5.77. The first kappa shape index (κ1) is 14.5. The van der Waals surface area contributed by atoms with Crippen molar-refractivity contribution in [3.8, 4) is 0 Å². The number of rotatable bonds is 3. The summed E-state index contributed by atoms with van der Waals surface area (Å²) in [5.74, 6) is -0.0633. The molecule has 6 nitrogen and oxygen atoms in total. The van der Waals surface area contributed by atoms with Gasteiger partial charge in [0, 0.05) is 38.5 Å². The first-order chi connectivity index (χ1) is 10.1. The third-order valence-electron chi connectivity index (χ3n) is 4.51. The number of aromatic nitrogens is 2. The van der Waals surface area contributed by atoms with Gasteiger partial charge in [0.2, 0.25) is 0 Å². The van der Waals surface area contributed by atoms with Crippen molar-refractivity contribution in [1.82, 2.24) is 20.0 Å². The highest BCUT2D eigenvalue weighted by molar-refractivity contribution is 5.93. The van der Waals surface area contributed by atoms with Gasteiger partial charge in [-0.2, -0.15) is 5.10 Å². The van der Waals surface area contributed by atoms with Crippen LogP contribution < -0.4 is 5.32 Å². The van der Waals surface area contributed by atoms with E-state index in [-0.39, 0.29) is 18.1 Å². The predicted octanol–water partition coefficient (Wildman–Crippen LogP) is 0.790. The van der Waals surface area contributed by atoms with Crippen molar-refractivity contribution < 1.29 is 9.53 Å². The fourth-order valence-corrected chi connectivity index (χ4v) is 3.50. The summed E-state index contributed by atoms with van der Waals surface area (Å²) >= 11 is 0. The molecule has 0 unspecified atom stereocenters. The standard InChI is InChI=1S/C15H24N4O2/c1-10(2)19-9-12(14-13(19)5-4-6-21-14)17-15(20)11-7-16-18(3)8-11/h7-8,10,12-14H,4-6,9H2,1-3H3,(H,17,20)/t12-,13-,14-/m1/s1. The number of nitrogens with one attached hydrogen (secondary N) is 1. The maximum absolute atomic E-state index is 12.3. The Balaban J connectivity index is 1.71. The highest BCUT2D eigenvalue weighted by Crippen LogP contribution is 2.30. The van der Waals surface area contributed by atoms with E-state index in [1.807, 2.05) is 7.05 Å². The summed E-state index contributed by atoms with van der Waals surface area (Å²) in [5.41, 5.74) is 0.604. The zero-order chi connectivity index (χ0) is 15.0. The molecular formula is C15H24N4O2. The Bertz CT molecular complexity index is 514. The summed E-state index contributed by atoms with van der Waals surface area (Å²) in [6, 6.07) is 0.961. The molecule has 2 fully saturated rings. The van der Waals surface area contributed by atoms with E-state index in [1.54, 1.807) is 17.1 Å². The summed E-state index contributed by atoms with van der Waals surface area (Å²) in [6.07, 6.45) is 5.71. The normalized spacial score (nSPS) is 29.6. The minimum atomic E-state index is -0.0633. The molecule has 6 heteroatoms. The van der Waals surface area contributed by atoms with E-state index in [0.717, 1.165) is 26.0 Å². The number of aryl methyl sites for hydroxylation is 1. The Morgan fingerprint density at radius 1 is 1.52 bits per heavy atom. The van der Waals surface area contributed by atoms with Crippen LogP contribution in [0.3, 0.4) is 0 Å². The minimum Gasteiger partial charge on any atom is -0.374 e. The summed E-state index contributed by atoms with van der Waals surface area (Å²) in [6.45, 7) is 6.07. The van der Waals surface area contributed by atoms with Crippen LogP contribution in [-0.4, -0.2) is 58.0 Å². The molecule has 0 bridgehead atoms. The average molecular weight is 292 g/mol.